The zero-order chi connectivity index (χ0) is 14.4. The molecular formula is C16H24N2O2. The molecule has 1 N–H and O–H groups in total. The number of carbonyl (C=O) groups excluding carboxylic acids is 1. The van der Waals surface area contributed by atoms with Gasteiger partial charge in [-0.05, 0) is 38.0 Å². The third-order valence-corrected chi connectivity index (χ3v) is 3.68. The molecule has 0 aromatic heterocycles. The van der Waals surface area contributed by atoms with Crippen LogP contribution >= 0.6 is 0 Å². The molecular weight excluding hydrogens is 252 g/mol. The fourth-order valence-electron chi connectivity index (χ4n) is 2.53. The standard InChI is InChI=1S/C16H24N2O2/c1-3-20-15-7-4-14(5-8-15)6-9-16(19)18-11-10-17-12-13(18)2/h4-5,7-8,13,17H,3,6,9-12H2,1-2H3/t13-/m1/s1. The van der Waals surface area contributed by atoms with Gasteiger partial charge in [-0.25, -0.2) is 0 Å². The first kappa shape index (κ1) is 14.9. The molecule has 1 atom stereocenters. The molecule has 1 heterocycles. The Balaban J connectivity index is 1.83. The van der Waals surface area contributed by atoms with Gasteiger partial charge in [-0.15, -0.1) is 0 Å². The van der Waals surface area contributed by atoms with Crippen LogP contribution in [0.25, 0.3) is 0 Å². The van der Waals surface area contributed by atoms with Gasteiger partial charge in [0, 0.05) is 32.1 Å². The summed E-state index contributed by atoms with van der Waals surface area (Å²) in [6, 6.07) is 8.32. The maximum absolute atomic E-state index is 12.2. The van der Waals surface area contributed by atoms with Crippen LogP contribution in [0.1, 0.15) is 25.8 Å². The van der Waals surface area contributed by atoms with Gasteiger partial charge in [0.15, 0.2) is 0 Å². The number of hydrogen-bond acceptors (Lipinski definition) is 3. The molecule has 20 heavy (non-hydrogen) atoms. The molecule has 1 aromatic rings. The molecule has 4 heteroatoms. The number of ether oxygens (including phenoxy) is 1. The predicted molar refractivity (Wildman–Crippen MR) is 80.0 cm³/mol. The first-order valence-electron chi connectivity index (χ1n) is 7.42. The van der Waals surface area contributed by atoms with Crippen LogP contribution < -0.4 is 10.1 Å². The molecule has 4 nitrogen and oxygen atoms in total. The Kier molecular flexibility index (Phi) is 5.41. The lowest BCUT2D eigenvalue weighted by molar-refractivity contribution is -0.133. The largest absolute Gasteiger partial charge is 0.494 e. The van der Waals surface area contributed by atoms with Crippen LogP contribution in [0.5, 0.6) is 5.75 Å². The SMILES string of the molecule is CCOc1ccc(CCC(=O)N2CCNC[C@H]2C)cc1. The van der Waals surface area contributed by atoms with Crippen molar-refractivity contribution in [3.63, 3.8) is 0 Å². The van der Waals surface area contributed by atoms with Crippen LogP contribution in [-0.4, -0.2) is 43.1 Å². The first-order chi connectivity index (χ1) is 9.70. The molecule has 1 aliphatic rings. The highest BCUT2D eigenvalue weighted by Gasteiger charge is 2.22. The Morgan fingerprint density at radius 1 is 1.40 bits per heavy atom. The number of benzene rings is 1. The molecule has 1 saturated heterocycles. The quantitative estimate of drug-likeness (QED) is 0.892. The van der Waals surface area contributed by atoms with Gasteiger partial charge in [0.05, 0.1) is 6.61 Å². The second-order valence-electron chi connectivity index (χ2n) is 5.22. The average molecular weight is 276 g/mol. The second kappa shape index (κ2) is 7.29. The topological polar surface area (TPSA) is 41.6 Å². The van der Waals surface area contributed by atoms with Crippen molar-refractivity contribution in [2.75, 3.05) is 26.2 Å². The van der Waals surface area contributed by atoms with Gasteiger partial charge in [0.1, 0.15) is 5.75 Å². The summed E-state index contributed by atoms with van der Waals surface area (Å²) in [6.45, 7) is 7.37. The van der Waals surface area contributed by atoms with Crippen molar-refractivity contribution in [2.45, 2.75) is 32.7 Å². The van der Waals surface area contributed by atoms with E-state index in [1.54, 1.807) is 0 Å². The van der Waals surface area contributed by atoms with Crippen molar-refractivity contribution in [3.05, 3.63) is 29.8 Å². The molecule has 2 rings (SSSR count). The molecule has 0 aliphatic carbocycles. The number of nitrogens with zero attached hydrogens (tertiary/aromatic N) is 1. The van der Waals surface area contributed by atoms with Gasteiger partial charge in [0.2, 0.25) is 5.91 Å². The highest BCUT2D eigenvalue weighted by Crippen LogP contribution is 2.14. The lowest BCUT2D eigenvalue weighted by Crippen LogP contribution is -2.52. The zero-order valence-electron chi connectivity index (χ0n) is 12.4. The summed E-state index contributed by atoms with van der Waals surface area (Å²) < 4.78 is 5.41. The monoisotopic (exact) mass is 276 g/mol. The van der Waals surface area contributed by atoms with E-state index in [4.69, 9.17) is 4.74 Å². The van der Waals surface area contributed by atoms with Crippen molar-refractivity contribution in [1.82, 2.24) is 10.2 Å². The molecule has 1 amide bonds. The predicted octanol–water partition coefficient (Wildman–Crippen LogP) is 1.84. The lowest BCUT2D eigenvalue weighted by Gasteiger charge is -2.34. The summed E-state index contributed by atoms with van der Waals surface area (Å²) in [5.41, 5.74) is 1.18. The first-order valence-corrected chi connectivity index (χ1v) is 7.42. The molecule has 0 bridgehead atoms. The summed E-state index contributed by atoms with van der Waals surface area (Å²) in [7, 11) is 0. The smallest absolute Gasteiger partial charge is 0.223 e. The summed E-state index contributed by atoms with van der Waals surface area (Å²) in [4.78, 5) is 14.2. The number of piperazine rings is 1. The van der Waals surface area contributed by atoms with Gasteiger partial charge in [0.25, 0.3) is 0 Å². The van der Waals surface area contributed by atoms with E-state index in [2.05, 4.69) is 12.2 Å². The van der Waals surface area contributed by atoms with E-state index >= 15 is 0 Å². The van der Waals surface area contributed by atoms with Gasteiger partial charge >= 0.3 is 0 Å². The molecule has 1 fully saturated rings. The minimum Gasteiger partial charge on any atom is -0.494 e. The van der Waals surface area contributed by atoms with Crippen molar-refractivity contribution < 1.29 is 9.53 Å². The van der Waals surface area contributed by atoms with E-state index in [1.165, 1.54) is 5.56 Å². The van der Waals surface area contributed by atoms with Crippen LogP contribution in [0, 0.1) is 0 Å². The Labute approximate surface area is 121 Å². The van der Waals surface area contributed by atoms with Crippen molar-refractivity contribution in [1.29, 1.82) is 0 Å². The Morgan fingerprint density at radius 3 is 2.80 bits per heavy atom. The molecule has 0 unspecified atom stereocenters. The Bertz CT molecular complexity index is 431. The van der Waals surface area contributed by atoms with E-state index < -0.39 is 0 Å². The Hall–Kier alpha value is -1.55. The van der Waals surface area contributed by atoms with E-state index in [9.17, 15) is 4.79 Å². The van der Waals surface area contributed by atoms with E-state index in [0.717, 1.165) is 31.8 Å². The fraction of sp³-hybridized carbons (Fsp3) is 0.562. The maximum atomic E-state index is 12.2. The van der Waals surface area contributed by atoms with Crippen LogP contribution in [0.2, 0.25) is 0 Å². The summed E-state index contributed by atoms with van der Waals surface area (Å²) >= 11 is 0. The molecule has 0 saturated carbocycles. The van der Waals surface area contributed by atoms with Crippen molar-refractivity contribution >= 4 is 5.91 Å². The number of nitrogens with one attached hydrogen (secondary N) is 1. The van der Waals surface area contributed by atoms with Crippen LogP contribution in [0.3, 0.4) is 0 Å². The van der Waals surface area contributed by atoms with Crippen LogP contribution in [0.4, 0.5) is 0 Å². The van der Waals surface area contributed by atoms with Gasteiger partial charge < -0.3 is 15.0 Å². The van der Waals surface area contributed by atoms with Crippen molar-refractivity contribution in [2.24, 2.45) is 0 Å². The maximum Gasteiger partial charge on any atom is 0.223 e. The molecule has 0 spiro atoms. The molecule has 1 aliphatic heterocycles. The van der Waals surface area contributed by atoms with Gasteiger partial charge in [-0.1, -0.05) is 12.1 Å². The third-order valence-electron chi connectivity index (χ3n) is 3.68. The average Bonchev–Trinajstić information content (AvgIpc) is 2.47. The second-order valence-corrected chi connectivity index (χ2v) is 5.22. The van der Waals surface area contributed by atoms with E-state index in [-0.39, 0.29) is 5.91 Å². The Morgan fingerprint density at radius 2 is 2.15 bits per heavy atom. The number of hydrogen-bond donors (Lipinski definition) is 1. The summed E-state index contributed by atoms with van der Waals surface area (Å²) in [5, 5.41) is 3.30. The zero-order valence-corrected chi connectivity index (χ0v) is 12.4. The van der Waals surface area contributed by atoms with Crippen LogP contribution in [-0.2, 0) is 11.2 Å². The van der Waals surface area contributed by atoms with E-state index in [0.29, 0.717) is 19.1 Å². The minimum atomic E-state index is 0.257. The molecule has 110 valence electrons. The lowest BCUT2D eigenvalue weighted by atomic mass is 10.1. The minimum absolute atomic E-state index is 0.257. The fourth-order valence-corrected chi connectivity index (χ4v) is 2.53. The normalized spacial score (nSPS) is 18.9. The number of amides is 1. The van der Waals surface area contributed by atoms with Gasteiger partial charge in [-0.3, -0.25) is 4.79 Å². The molecule has 0 radical (unpaired) electrons. The summed E-state index contributed by atoms with van der Waals surface area (Å²) in [5.74, 6) is 1.14. The van der Waals surface area contributed by atoms with E-state index in [1.807, 2.05) is 36.1 Å². The van der Waals surface area contributed by atoms with Crippen molar-refractivity contribution in [3.8, 4) is 5.75 Å². The summed E-state index contributed by atoms with van der Waals surface area (Å²) in [6.07, 6.45) is 1.38. The highest BCUT2D eigenvalue weighted by atomic mass is 16.5. The number of aryl methyl sites for hydroxylation is 1. The number of rotatable bonds is 5. The molecule has 1 aromatic carbocycles. The van der Waals surface area contributed by atoms with Gasteiger partial charge in [-0.2, -0.15) is 0 Å². The van der Waals surface area contributed by atoms with Crippen LogP contribution in [0.15, 0.2) is 24.3 Å². The third kappa shape index (κ3) is 3.97. The number of carbonyl (C=O) groups is 1. The highest BCUT2D eigenvalue weighted by molar-refractivity contribution is 5.77.